The SMILES string of the molecule is COc1ccc(-c2nc(NC(C)=O)cc3nc(C)nn23)cc1. The molecule has 0 radical (unpaired) electrons. The van der Waals surface area contributed by atoms with E-state index in [1.165, 1.54) is 6.92 Å². The fourth-order valence-electron chi connectivity index (χ4n) is 2.17. The van der Waals surface area contributed by atoms with Gasteiger partial charge >= 0.3 is 0 Å². The van der Waals surface area contributed by atoms with E-state index in [-0.39, 0.29) is 5.91 Å². The van der Waals surface area contributed by atoms with E-state index in [1.807, 2.05) is 31.2 Å². The molecular weight excluding hydrogens is 282 g/mol. The van der Waals surface area contributed by atoms with Crippen molar-refractivity contribution in [2.75, 3.05) is 12.4 Å². The second-order valence-electron chi connectivity index (χ2n) is 4.80. The number of methoxy groups -OCH3 is 1. The molecule has 7 heteroatoms. The van der Waals surface area contributed by atoms with Gasteiger partial charge in [0.2, 0.25) is 5.91 Å². The van der Waals surface area contributed by atoms with Gasteiger partial charge in [0.05, 0.1) is 7.11 Å². The van der Waals surface area contributed by atoms with Crippen LogP contribution in [0.5, 0.6) is 5.75 Å². The molecule has 0 fully saturated rings. The van der Waals surface area contributed by atoms with Gasteiger partial charge in [0.1, 0.15) is 17.4 Å². The molecule has 1 amide bonds. The lowest BCUT2D eigenvalue weighted by Gasteiger charge is -2.08. The summed E-state index contributed by atoms with van der Waals surface area (Å²) in [6, 6.07) is 9.15. The molecule has 7 nitrogen and oxygen atoms in total. The summed E-state index contributed by atoms with van der Waals surface area (Å²) >= 11 is 0. The van der Waals surface area contributed by atoms with Crippen LogP contribution in [0.15, 0.2) is 30.3 Å². The van der Waals surface area contributed by atoms with E-state index >= 15 is 0 Å². The monoisotopic (exact) mass is 297 g/mol. The number of amides is 1. The number of benzene rings is 1. The Labute approximate surface area is 127 Å². The first kappa shape index (κ1) is 14.0. The third-order valence-corrected chi connectivity index (χ3v) is 3.08. The quantitative estimate of drug-likeness (QED) is 0.800. The van der Waals surface area contributed by atoms with Crippen LogP contribution < -0.4 is 10.1 Å². The fourth-order valence-corrected chi connectivity index (χ4v) is 2.17. The Balaban J connectivity index is 2.18. The molecule has 0 bridgehead atoms. The summed E-state index contributed by atoms with van der Waals surface area (Å²) in [6.07, 6.45) is 0. The number of anilines is 1. The molecule has 0 aliphatic rings. The number of carbonyl (C=O) groups excluding carboxylic acids is 1. The normalized spacial score (nSPS) is 10.7. The minimum Gasteiger partial charge on any atom is -0.497 e. The molecule has 2 aromatic heterocycles. The van der Waals surface area contributed by atoms with Crippen molar-refractivity contribution >= 4 is 17.4 Å². The van der Waals surface area contributed by atoms with Gasteiger partial charge in [-0.3, -0.25) is 4.79 Å². The van der Waals surface area contributed by atoms with Crippen LogP contribution in [0.2, 0.25) is 0 Å². The van der Waals surface area contributed by atoms with Gasteiger partial charge in [-0.2, -0.15) is 4.52 Å². The number of nitrogens with zero attached hydrogens (tertiary/aromatic N) is 4. The van der Waals surface area contributed by atoms with E-state index in [0.717, 1.165) is 11.3 Å². The number of hydrogen-bond acceptors (Lipinski definition) is 5. The lowest BCUT2D eigenvalue weighted by atomic mass is 10.2. The Hall–Kier alpha value is -2.96. The summed E-state index contributed by atoms with van der Waals surface area (Å²) in [4.78, 5) is 20.1. The van der Waals surface area contributed by atoms with E-state index in [2.05, 4.69) is 20.4 Å². The van der Waals surface area contributed by atoms with Crippen molar-refractivity contribution in [2.45, 2.75) is 13.8 Å². The summed E-state index contributed by atoms with van der Waals surface area (Å²) in [5.41, 5.74) is 1.48. The Morgan fingerprint density at radius 3 is 2.59 bits per heavy atom. The van der Waals surface area contributed by atoms with E-state index in [4.69, 9.17) is 4.74 Å². The fraction of sp³-hybridized carbons (Fsp3) is 0.200. The number of carbonyl (C=O) groups is 1. The number of nitrogens with one attached hydrogen (secondary N) is 1. The zero-order chi connectivity index (χ0) is 15.7. The molecule has 3 aromatic rings. The topological polar surface area (TPSA) is 81.4 Å². The van der Waals surface area contributed by atoms with Crippen LogP contribution >= 0.6 is 0 Å². The first-order chi connectivity index (χ1) is 10.6. The maximum absolute atomic E-state index is 11.3. The Bertz CT molecular complexity index is 839. The zero-order valence-corrected chi connectivity index (χ0v) is 12.5. The van der Waals surface area contributed by atoms with Crippen molar-refractivity contribution < 1.29 is 9.53 Å². The van der Waals surface area contributed by atoms with Crippen molar-refractivity contribution in [1.82, 2.24) is 19.6 Å². The van der Waals surface area contributed by atoms with Gasteiger partial charge in [0.25, 0.3) is 0 Å². The Morgan fingerprint density at radius 1 is 1.23 bits per heavy atom. The van der Waals surface area contributed by atoms with Gasteiger partial charge in [-0.05, 0) is 31.2 Å². The molecule has 0 aliphatic carbocycles. The second-order valence-corrected chi connectivity index (χ2v) is 4.80. The number of aromatic nitrogens is 4. The average molecular weight is 297 g/mol. The van der Waals surface area contributed by atoms with Gasteiger partial charge in [-0.1, -0.05) is 0 Å². The molecule has 0 unspecified atom stereocenters. The minimum atomic E-state index is -0.186. The molecule has 1 aromatic carbocycles. The van der Waals surface area contributed by atoms with Crippen LogP contribution in [-0.2, 0) is 4.79 Å². The van der Waals surface area contributed by atoms with Crippen LogP contribution in [0.1, 0.15) is 12.7 Å². The van der Waals surface area contributed by atoms with Crippen LogP contribution in [-0.4, -0.2) is 32.6 Å². The average Bonchev–Trinajstić information content (AvgIpc) is 2.86. The molecule has 0 atom stereocenters. The van der Waals surface area contributed by atoms with Gasteiger partial charge < -0.3 is 10.1 Å². The lowest BCUT2D eigenvalue weighted by molar-refractivity contribution is -0.114. The highest BCUT2D eigenvalue weighted by atomic mass is 16.5. The number of hydrogen-bond donors (Lipinski definition) is 1. The number of aryl methyl sites for hydroxylation is 1. The van der Waals surface area contributed by atoms with Crippen molar-refractivity contribution in [3.63, 3.8) is 0 Å². The zero-order valence-electron chi connectivity index (χ0n) is 12.5. The first-order valence-corrected chi connectivity index (χ1v) is 6.73. The number of ether oxygens (including phenoxy) is 1. The van der Waals surface area contributed by atoms with Gasteiger partial charge in [0.15, 0.2) is 11.5 Å². The molecule has 0 saturated heterocycles. The van der Waals surface area contributed by atoms with E-state index in [9.17, 15) is 4.79 Å². The highest BCUT2D eigenvalue weighted by Crippen LogP contribution is 2.23. The lowest BCUT2D eigenvalue weighted by Crippen LogP contribution is -2.09. The third-order valence-electron chi connectivity index (χ3n) is 3.08. The standard InChI is InChI=1S/C15H15N5O2/c1-9-16-14-8-13(17-10(2)21)18-15(20(14)19-9)11-4-6-12(22-3)7-5-11/h4-8H,1-3H3,(H,17,21). The van der Waals surface area contributed by atoms with Crippen molar-refractivity contribution in [1.29, 1.82) is 0 Å². The largest absolute Gasteiger partial charge is 0.497 e. The molecule has 0 saturated carbocycles. The Morgan fingerprint density at radius 2 is 1.95 bits per heavy atom. The number of rotatable bonds is 3. The van der Waals surface area contributed by atoms with Gasteiger partial charge in [-0.15, -0.1) is 5.10 Å². The first-order valence-electron chi connectivity index (χ1n) is 6.73. The maximum Gasteiger partial charge on any atom is 0.222 e. The summed E-state index contributed by atoms with van der Waals surface area (Å²) in [5, 5.41) is 7.03. The Kier molecular flexibility index (Phi) is 3.46. The molecule has 2 heterocycles. The van der Waals surface area contributed by atoms with E-state index in [0.29, 0.717) is 23.1 Å². The molecule has 3 rings (SSSR count). The third kappa shape index (κ3) is 2.60. The second kappa shape index (κ2) is 5.44. The summed E-state index contributed by atoms with van der Waals surface area (Å²) in [5.74, 6) is 2.25. The van der Waals surface area contributed by atoms with Crippen LogP contribution in [0.25, 0.3) is 17.0 Å². The predicted octanol–water partition coefficient (Wildman–Crippen LogP) is 2.07. The highest BCUT2D eigenvalue weighted by Gasteiger charge is 2.12. The summed E-state index contributed by atoms with van der Waals surface area (Å²) < 4.78 is 6.82. The molecule has 22 heavy (non-hydrogen) atoms. The molecule has 0 spiro atoms. The maximum atomic E-state index is 11.3. The smallest absolute Gasteiger partial charge is 0.222 e. The molecular formula is C15H15N5O2. The predicted molar refractivity (Wildman–Crippen MR) is 81.8 cm³/mol. The molecule has 0 aliphatic heterocycles. The van der Waals surface area contributed by atoms with Crippen LogP contribution in [0, 0.1) is 6.92 Å². The van der Waals surface area contributed by atoms with E-state index < -0.39 is 0 Å². The summed E-state index contributed by atoms with van der Waals surface area (Å²) in [7, 11) is 1.61. The minimum absolute atomic E-state index is 0.186. The molecule has 1 N–H and O–H groups in total. The summed E-state index contributed by atoms with van der Waals surface area (Å²) in [6.45, 7) is 3.25. The molecule has 112 valence electrons. The number of fused-ring (bicyclic) bond motifs is 1. The van der Waals surface area contributed by atoms with Crippen LogP contribution in [0.3, 0.4) is 0 Å². The van der Waals surface area contributed by atoms with E-state index in [1.54, 1.807) is 17.7 Å². The highest BCUT2D eigenvalue weighted by molar-refractivity contribution is 5.88. The van der Waals surface area contributed by atoms with Gasteiger partial charge in [-0.25, -0.2) is 9.97 Å². The van der Waals surface area contributed by atoms with Crippen LogP contribution in [0.4, 0.5) is 5.82 Å². The van der Waals surface area contributed by atoms with Crippen molar-refractivity contribution in [3.05, 3.63) is 36.2 Å². The van der Waals surface area contributed by atoms with Gasteiger partial charge in [0, 0.05) is 18.6 Å². The van der Waals surface area contributed by atoms with Crippen molar-refractivity contribution in [2.24, 2.45) is 0 Å². The van der Waals surface area contributed by atoms with Crippen molar-refractivity contribution in [3.8, 4) is 17.1 Å².